The summed E-state index contributed by atoms with van der Waals surface area (Å²) in [4.78, 5) is 44.6. The van der Waals surface area contributed by atoms with Crippen molar-refractivity contribution in [1.82, 2.24) is 14.5 Å². The van der Waals surface area contributed by atoms with Crippen LogP contribution in [0, 0.1) is 18.3 Å². The van der Waals surface area contributed by atoms with Crippen LogP contribution in [0.3, 0.4) is 0 Å². The SMILES string of the molecule is Cc1nc2ccccc2c(=O)n1CC(=O)N1CSCC1C(=O)Nc1ccc(C#N)cc1. The summed E-state index contributed by atoms with van der Waals surface area (Å²) in [6.07, 6.45) is 0. The molecule has 0 bridgehead atoms. The lowest BCUT2D eigenvalue weighted by molar-refractivity contribution is -0.136. The van der Waals surface area contributed by atoms with Gasteiger partial charge in [0.15, 0.2) is 0 Å². The van der Waals surface area contributed by atoms with E-state index >= 15 is 0 Å². The number of nitriles is 1. The second-order valence-electron chi connectivity index (χ2n) is 7.13. The first-order valence-electron chi connectivity index (χ1n) is 9.62. The molecule has 1 saturated heterocycles. The highest BCUT2D eigenvalue weighted by Gasteiger charge is 2.35. The van der Waals surface area contributed by atoms with Gasteiger partial charge in [-0.05, 0) is 43.3 Å². The number of hydrogen-bond acceptors (Lipinski definition) is 6. The van der Waals surface area contributed by atoms with Gasteiger partial charge in [-0.15, -0.1) is 11.8 Å². The standard InChI is InChI=1S/C22H19N5O3S/c1-14-24-18-5-3-2-4-17(18)22(30)26(14)11-20(28)27-13-31-12-19(27)21(29)25-16-8-6-15(10-23)7-9-16/h2-9,19H,11-13H2,1H3,(H,25,29). The maximum atomic E-state index is 13.0. The summed E-state index contributed by atoms with van der Waals surface area (Å²) in [7, 11) is 0. The molecule has 1 aromatic heterocycles. The van der Waals surface area contributed by atoms with Crippen LogP contribution in [0.1, 0.15) is 11.4 Å². The molecule has 2 amide bonds. The number of amides is 2. The van der Waals surface area contributed by atoms with Gasteiger partial charge in [0.05, 0.1) is 28.4 Å². The molecule has 1 aliphatic heterocycles. The molecule has 0 spiro atoms. The van der Waals surface area contributed by atoms with Crippen molar-refractivity contribution >= 4 is 40.2 Å². The molecule has 1 aliphatic rings. The Morgan fingerprint density at radius 1 is 1.23 bits per heavy atom. The highest BCUT2D eigenvalue weighted by atomic mass is 32.2. The third-order valence-electron chi connectivity index (χ3n) is 5.13. The minimum atomic E-state index is -0.641. The van der Waals surface area contributed by atoms with Crippen molar-refractivity contribution in [2.45, 2.75) is 19.5 Å². The van der Waals surface area contributed by atoms with E-state index in [-0.39, 0.29) is 23.9 Å². The van der Waals surface area contributed by atoms with Crippen LogP contribution in [0.4, 0.5) is 5.69 Å². The molecule has 2 heterocycles. The first-order valence-corrected chi connectivity index (χ1v) is 10.8. The summed E-state index contributed by atoms with van der Waals surface area (Å²) in [5.74, 6) is 0.676. The van der Waals surface area contributed by atoms with Crippen LogP contribution in [0.15, 0.2) is 53.3 Å². The zero-order valence-electron chi connectivity index (χ0n) is 16.7. The monoisotopic (exact) mass is 433 g/mol. The highest BCUT2D eigenvalue weighted by Crippen LogP contribution is 2.23. The third kappa shape index (κ3) is 4.15. The van der Waals surface area contributed by atoms with Crippen LogP contribution in [0.25, 0.3) is 10.9 Å². The smallest absolute Gasteiger partial charge is 0.261 e. The number of para-hydroxylation sites is 1. The van der Waals surface area contributed by atoms with Gasteiger partial charge in [-0.3, -0.25) is 19.0 Å². The normalized spacial score (nSPS) is 15.6. The molecule has 1 fully saturated rings. The number of benzene rings is 2. The number of carbonyl (C=O) groups excluding carboxylic acids is 2. The Balaban J connectivity index is 1.51. The number of rotatable bonds is 4. The van der Waals surface area contributed by atoms with Gasteiger partial charge in [0.1, 0.15) is 18.4 Å². The first kappa shape index (κ1) is 20.6. The van der Waals surface area contributed by atoms with Crippen molar-refractivity contribution in [1.29, 1.82) is 5.26 Å². The number of hydrogen-bond donors (Lipinski definition) is 1. The van der Waals surface area contributed by atoms with Crippen LogP contribution in [0.2, 0.25) is 0 Å². The molecule has 2 aromatic carbocycles. The van der Waals surface area contributed by atoms with E-state index in [1.807, 2.05) is 12.1 Å². The molecule has 3 aromatic rings. The Hall–Kier alpha value is -3.64. The number of nitrogens with zero attached hydrogens (tertiary/aromatic N) is 4. The summed E-state index contributed by atoms with van der Waals surface area (Å²) < 4.78 is 1.35. The van der Waals surface area contributed by atoms with Crippen LogP contribution >= 0.6 is 11.8 Å². The summed E-state index contributed by atoms with van der Waals surface area (Å²) in [6.45, 7) is 1.51. The molecule has 156 valence electrons. The van der Waals surface area contributed by atoms with Gasteiger partial charge in [0.25, 0.3) is 5.56 Å². The number of aromatic nitrogens is 2. The number of nitrogens with one attached hydrogen (secondary N) is 1. The van der Waals surface area contributed by atoms with Crippen molar-refractivity contribution in [2.24, 2.45) is 0 Å². The second kappa shape index (κ2) is 8.62. The molecule has 4 rings (SSSR count). The molecule has 1 atom stereocenters. The van der Waals surface area contributed by atoms with E-state index in [1.54, 1.807) is 49.4 Å². The van der Waals surface area contributed by atoms with E-state index in [2.05, 4.69) is 10.3 Å². The van der Waals surface area contributed by atoms with E-state index in [0.717, 1.165) is 0 Å². The van der Waals surface area contributed by atoms with Crippen molar-refractivity contribution < 1.29 is 9.59 Å². The van der Waals surface area contributed by atoms with E-state index in [0.29, 0.717) is 39.6 Å². The van der Waals surface area contributed by atoms with Crippen LogP contribution in [-0.2, 0) is 16.1 Å². The predicted octanol–water partition coefficient (Wildman–Crippen LogP) is 2.12. The maximum absolute atomic E-state index is 13.0. The van der Waals surface area contributed by atoms with E-state index in [4.69, 9.17) is 5.26 Å². The number of thioether (sulfide) groups is 1. The van der Waals surface area contributed by atoms with Crippen molar-refractivity contribution in [3.8, 4) is 6.07 Å². The summed E-state index contributed by atoms with van der Waals surface area (Å²) >= 11 is 1.48. The molecule has 8 nitrogen and oxygen atoms in total. The fraction of sp³-hybridized carbons (Fsp3) is 0.227. The lowest BCUT2D eigenvalue weighted by Crippen LogP contribution is -2.46. The highest BCUT2D eigenvalue weighted by molar-refractivity contribution is 7.99. The largest absolute Gasteiger partial charge is 0.324 e. The molecule has 9 heteroatoms. The molecule has 0 saturated carbocycles. The lowest BCUT2D eigenvalue weighted by Gasteiger charge is -2.24. The molecule has 0 aliphatic carbocycles. The average Bonchev–Trinajstić information content (AvgIpc) is 3.27. The van der Waals surface area contributed by atoms with Gasteiger partial charge in [-0.2, -0.15) is 5.26 Å². The third-order valence-corrected chi connectivity index (χ3v) is 6.14. The Morgan fingerprint density at radius 3 is 2.71 bits per heavy atom. The van der Waals surface area contributed by atoms with Gasteiger partial charge < -0.3 is 10.2 Å². The molecular formula is C22H19N5O3S. The lowest BCUT2D eigenvalue weighted by atomic mass is 10.2. The van der Waals surface area contributed by atoms with Crippen molar-refractivity contribution in [3.05, 3.63) is 70.3 Å². The van der Waals surface area contributed by atoms with Crippen molar-refractivity contribution in [2.75, 3.05) is 16.9 Å². The molecule has 1 N–H and O–H groups in total. The summed E-state index contributed by atoms with van der Waals surface area (Å²) in [5, 5.41) is 12.1. The van der Waals surface area contributed by atoms with Gasteiger partial charge in [-0.1, -0.05) is 12.1 Å². The van der Waals surface area contributed by atoms with E-state index in [9.17, 15) is 14.4 Å². The molecule has 1 unspecified atom stereocenters. The van der Waals surface area contributed by atoms with Gasteiger partial charge in [0.2, 0.25) is 11.8 Å². The van der Waals surface area contributed by atoms with Crippen LogP contribution in [0.5, 0.6) is 0 Å². The fourth-order valence-corrected chi connectivity index (χ4v) is 4.63. The quantitative estimate of drug-likeness (QED) is 0.675. The van der Waals surface area contributed by atoms with Crippen LogP contribution < -0.4 is 10.9 Å². The number of aryl methyl sites for hydroxylation is 1. The molecular weight excluding hydrogens is 414 g/mol. The number of anilines is 1. The van der Waals surface area contributed by atoms with Gasteiger partial charge >= 0.3 is 0 Å². The molecule has 31 heavy (non-hydrogen) atoms. The summed E-state index contributed by atoms with van der Waals surface area (Å²) in [6, 6.07) is 14.9. The second-order valence-corrected chi connectivity index (χ2v) is 8.12. The van der Waals surface area contributed by atoms with Crippen molar-refractivity contribution in [3.63, 3.8) is 0 Å². The Labute approximate surface area is 182 Å². The zero-order chi connectivity index (χ0) is 22.0. The van der Waals surface area contributed by atoms with E-state index in [1.165, 1.54) is 21.2 Å². The van der Waals surface area contributed by atoms with Gasteiger partial charge in [-0.25, -0.2) is 4.98 Å². The maximum Gasteiger partial charge on any atom is 0.261 e. The van der Waals surface area contributed by atoms with Gasteiger partial charge in [0, 0.05) is 11.4 Å². The zero-order valence-corrected chi connectivity index (χ0v) is 17.6. The number of fused-ring (bicyclic) bond motifs is 1. The molecule has 0 radical (unpaired) electrons. The Kier molecular flexibility index (Phi) is 5.73. The van der Waals surface area contributed by atoms with Crippen LogP contribution in [-0.4, -0.2) is 43.9 Å². The predicted molar refractivity (Wildman–Crippen MR) is 118 cm³/mol. The minimum Gasteiger partial charge on any atom is -0.324 e. The number of carbonyl (C=O) groups is 2. The topological polar surface area (TPSA) is 108 Å². The fourth-order valence-electron chi connectivity index (χ4n) is 3.45. The average molecular weight is 433 g/mol. The Morgan fingerprint density at radius 2 is 1.97 bits per heavy atom. The first-order chi connectivity index (χ1) is 15.0. The minimum absolute atomic E-state index is 0.177. The summed E-state index contributed by atoms with van der Waals surface area (Å²) in [5.41, 5.74) is 1.36. The van der Waals surface area contributed by atoms with E-state index < -0.39 is 6.04 Å². The Bertz CT molecular complexity index is 1260.